The third-order valence-electron chi connectivity index (χ3n) is 3.58. The molecule has 0 spiro atoms. The minimum Gasteiger partial charge on any atom is -0.358 e. The molecule has 1 aromatic carbocycles. The summed E-state index contributed by atoms with van der Waals surface area (Å²) in [7, 11) is 2.01. The van der Waals surface area contributed by atoms with Gasteiger partial charge in [0.2, 0.25) is 0 Å². The molecule has 16 heavy (non-hydrogen) atoms. The zero-order valence-corrected chi connectivity index (χ0v) is 9.77. The van der Waals surface area contributed by atoms with Crippen LogP contribution in [-0.4, -0.2) is 18.6 Å². The van der Waals surface area contributed by atoms with Crippen LogP contribution in [0.4, 0.5) is 0 Å². The van der Waals surface area contributed by atoms with E-state index in [2.05, 4.69) is 28.5 Å². The van der Waals surface area contributed by atoms with Crippen molar-refractivity contribution in [3.63, 3.8) is 0 Å². The van der Waals surface area contributed by atoms with Crippen LogP contribution in [-0.2, 0) is 19.3 Å². The molecular formula is C14H18N2. The van der Waals surface area contributed by atoms with E-state index in [4.69, 9.17) is 0 Å². The van der Waals surface area contributed by atoms with Crippen LogP contribution in [0.15, 0.2) is 18.2 Å². The lowest BCUT2D eigenvalue weighted by Gasteiger charge is -2.02. The number of fused-ring (bicyclic) bond motifs is 3. The van der Waals surface area contributed by atoms with E-state index < -0.39 is 0 Å². The van der Waals surface area contributed by atoms with E-state index in [9.17, 15) is 0 Å². The van der Waals surface area contributed by atoms with E-state index in [0.29, 0.717) is 0 Å². The van der Waals surface area contributed by atoms with Crippen LogP contribution in [0.2, 0.25) is 0 Å². The molecule has 2 N–H and O–H groups in total. The van der Waals surface area contributed by atoms with Crippen molar-refractivity contribution in [1.82, 2.24) is 10.3 Å². The molecule has 0 fully saturated rings. The fourth-order valence-corrected chi connectivity index (χ4v) is 2.72. The number of H-pyrrole nitrogens is 1. The summed E-state index contributed by atoms with van der Waals surface area (Å²) < 4.78 is 0. The van der Waals surface area contributed by atoms with Crippen LogP contribution in [0.3, 0.4) is 0 Å². The highest BCUT2D eigenvalue weighted by atomic mass is 14.8. The van der Waals surface area contributed by atoms with Crippen LogP contribution in [0, 0.1) is 0 Å². The van der Waals surface area contributed by atoms with Gasteiger partial charge < -0.3 is 10.3 Å². The van der Waals surface area contributed by atoms with Crippen molar-refractivity contribution >= 4 is 10.9 Å². The van der Waals surface area contributed by atoms with Gasteiger partial charge in [0, 0.05) is 16.6 Å². The number of likely N-dealkylation sites (N-methyl/N-ethyl adjacent to an activating group) is 1. The number of rotatable bonds is 3. The average Bonchev–Trinajstić information content (AvgIpc) is 2.86. The molecule has 0 unspecified atom stereocenters. The van der Waals surface area contributed by atoms with Crippen molar-refractivity contribution in [2.24, 2.45) is 0 Å². The number of nitrogens with one attached hydrogen (secondary N) is 2. The number of benzene rings is 1. The summed E-state index contributed by atoms with van der Waals surface area (Å²) in [5.74, 6) is 0. The smallest absolute Gasteiger partial charge is 0.0459 e. The van der Waals surface area contributed by atoms with Crippen molar-refractivity contribution in [2.75, 3.05) is 13.6 Å². The lowest BCUT2D eigenvalue weighted by Crippen LogP contribution is -2.10. The normalized spacial score (nSPS) is 14.6. The van der Waals surface area contributed by atoms with Gasteiger partial charge in [0.05, 0.1) is 0 Å². The van der Waals surface area contributed by atoms with Gasteiger partial charge >= 0.3 is 0 Å². The second-order valence-electron chi connectivity index (χ2n) is 4.67. The minimum atomic E-state index is 1.05. The first-order valence-electron chi connectivity index (χ1n) is 6.15. The topological polar surface area (TPSA) is 27.8 Å². The minimum absolute atomic E-state index is 1.05. The third-order valence-corrected chi connectivity index (χ3v) is 3.58. The van der Waals surface area contributed by atoms with Crippen molar-refractivity contribution < 1.29 is 0 Å². The van der Waals surface area contributed by atoms with Gasteiger partial charge in [0.15, 0.2) is 0 Å². The predicted octanol–water partition coefficient (Wildman–Crippen LogP) is 2.42. The van der Waals surface area contributed by atoms with Crippen molar-refractivity contribution in [3.8, 4) is 0 Å². The summed E-state index contributed by atoms with van der Waals surface area (Å²) in [6, 6.07) is 6.84. The van der Waals surface area contributed by atoms with E-state index in [0.717, 1.165) is 13.0 Å². The van der Waals surface area contributed by atoms with Gasteiger partial charge in [-0.25, -0.2) is 0 Å². The quantitative estimate of drug-likeness (QED) is 0.807. The van der Waals surface area contributed by atoms with Crippen molar-refractivity contribution in [2.45, 2.75) is 25.7 Å². The van der Waals surface area contributed by atoms with E-state index >= 15 is 0 Å². The Kier molecular flexibility index (Phi) is 2.44. The molecule has 0 bridgehead atoms. The second kappa shape index (κ2) is 3.95. The van der Waals surface area contributed by atoms with Gasteiger partial charge in [-0.05, 0) is 62.5 Å². The summed E-state index contributed by atoms with van der Waals surface area (Å²) in [5, 5.41) is 4.66. The Balaban J connectivity index is 2.02. The zero-order chi connectivity index (χ0) is 11.0. The number of hydrogen-bond acceptors (Lipinski definition) is 1. The fourth-order valence-electron chi connectivity index (χ4n) is 2.72. The number of aromatic amines is 1. The maximum absolute atomic E-state index is 3.54. The summed E-state index contributed by atoms with van der Waals surface area (Å²) in [5.41, 5.74) is 5.80. The second-order valence-corrected chi connectivity index (χ2v) is 4.67. The lowest BCUT2D eigenvalue weighted by atomic mass is 10.1. The van der Waals surface area contributed by atoms with Crippen molar-refractivity contribution in [3.05, 3.63) is 35.0 Å². The third kappa shape index (κ3) is 1.54. The zero-order valence-electron chi connectivity index (χ0n) is 9.77. The Hall–Kier alpha value is -1.28. The Bertz CT molecular complexity index is 511. The first-order valence-corrected chi connectivity index (χ1v) is 6.15. The maximum atomic E-state index is 3.54. The molecule has 0 atom stereocenters. The molecule has 84 valence electrons. The van der Waals surface area contributed by atoms with E-state index in [1.165, 1.54) is 41.4 Å². The molecule has 2 heteroatoms. The molecule has 0 saturated heterocycles. The van der Waals surface area contributed by atoms with Crippen LogP contribution in [0.1, 0.15) is 23.2 Å². The number of aryl methyl sites for hydroxylation is 2. The van der Waals surface area contributed by atoms with Gasteiger partial charge in [-0.3, -0.25) is 0 Å². The molecule has 0 aliphatic heterocycles. The van der Waals surface area contributed by atoms with Gasteiger partial charge in [-0.15, -0.1) is 0 Å². The summed E-state index contributed by atoms with van der Waals surface area (Å²) in [4.78, 5) is 3.54. The Morgan fingerprint density at radius 3 is 3.12 bits per heavy atom. The van der Waals surface area contributed by atoms with Crippen LogP contribution >= 0.6 is 0 Å². The van der Waals surface area contributed by atoms with E-state index in [1.807, 2.05) is 7.05 Å². The first-order chi connectivity index (χ1) is 7.88. The molecule has 3 rings (SSSR count). The molecule has 1 heterocycles. The molecule has 2 aromatic rings. The number of aromatic nitrogens is 1. The van der Waals surface area contributed by atoms with Gasteiger partial charge in [-0.1, -0.05) is 6.07 Å². The molecule has 1 aromatic heterocycles. The Morgan fingerprint density at radius 2 is 2.25 bits per heavy atom. The first kappa shape index (κ1) is 9.91. The highest BCUT2D eigenvalue weighted by Crippen LogP contribution is 2.30. The van der Waals surface area contributed by atoms with Gasteiger partial charge in [-0.2, -0.15) is 0 Å². The Morgan fingerprint density at radius 1 is 1.31 bits per heavy atom. The summed E-state index contributed by atoms with van der Waals surface area (Å²) in [6.45, 7) is 1.05. The SMILES string of the molecule is CNCCc1ccc2[nH]c3c(c2c1)CCC3. The number of hydrogen-bond donors (Lipinski definition) is 2. The largest absolute Gasteiger partial charge is 0.358 e. The predicted molar refractivity (Wildman–Crippen MR) is 68.0 cm³/mol. The maximum Gasteiger partial charge on any atom is 0.0459 e. The summed E-state index contributed by atoms with van der Waals surface area (Å²) in [6.07, 6.45) is 4.92. The van der Waals surface area contributed by atoms with Gasteiger partial charge in [0.25, 0.3) is 0 Å². The summed E-state index contributed by atoms with van der Waals surface area (Å²) >= 11 is 0. The van der Waals surface area contributed by atoms with E-state index in [1.54, 1.807) is 5.56 Å². The van der Waals surface area contributed by atoms with Crippen LogP contribution in [0.5, 0.6) is 0 Å². The highest BCUT2D eigenvalue weighted by Gasteiger charge is 2.16. The van der Waals surface area contributed by atoms with E-state index in [-0.39, 0.29) is 0 Å². The van der Waals surface area contributed by atoms with Crippen molar-refractivity contribution in [1.29, 1.82) is 0 Å². The monoisotopic (exact) mass is 214 g/mol. The lowest BCUT2D eigenvalue weighted by molar-refractivity contribution is 0.792. The molecule has 0 radical (unpaired) electrons. The van der Waals surface area contributed by atoms with Crippen LogP contribution < -0.4 is 5.32 Å². The average molecular weight is 214 g/mol. The highest BCUT2D eigenvalue weighted by molar-refractivity contribution is 5.85. The Labute approximate surface area is 96.1 Å². The molecule has 0 saturated carbocycles. The molecule has 1 aliphatic carbocycles. The molecular weight excluding hydrogens is 196 g/mol. The molecule has 2 nitrogen and oxygen atoms in total. The van der Waals surface area contributed by atoms with Crippen LogP contribution in [0.25, 0.3) is 10.9 Å². The fraction of sp³-hybridized carbons (Fsp3) is 0.429. The standard InChI is InChI=1S/C14H18N2/c1-15-8-7-10-5-6-14-12(9-10)11-3-2-4-13(11)16-14/h5-6,9,15-16H,2-4,7-8H2,1H3. The molecule has 1 aliphatic rings. The molecule has 0 amide bonds. The van der Waals surface area contributed by atoms with Gasteiger partial charge in [0.1, 0.15) is 0 Å².